The topological polar surface area (TPSA) is 65.2 Å². The second kappa shape index (κ2) is 9.77. The summed E-state index contributed by atoms with van der Waals surface area (Å²) in [5.41, 5.74) is 2.99. The molecule has 6 heteroatoms. The molecule has 0 unspecified atom stereocenters. The summed E-state index contributed by atoms with van der Waals surface area (Å²) >= 11 is 0. The number of halogens is 1. The van der Waals surface area contributed by atoms with Crippen LogP contribution >= 0.6 is 0 Å². The molecule has 0 spiro atoms. The second-order valence-corrected chi connectivity index (χ2v) is 8.30. The van der Waals surface area contributed by atoms with Crippen molar-refractivity contribution in [3.05, 3.63) is 71.7 Å². The van der Waals surface area contributed by atoms with E-state index in [4.69, 9.17) is 0 Å². The van der Waals surface area contributed by atoms with Gasteiger partial charge in [-0.2, -0.15) is 0 Å². The molecule has 5 nitrogen and oxygen atoms in total. The summed E-state index contributed by atoms with van der Waals surface area (Å²) in [4.78, 5) is 30.1. The first kappa shape index (κ1) is 21.1. The third-order valence-corrected chi connectivity index (χ3v) is 6.17. The fraction of sp³-hybridized carbons (Fsp3) is 0.360. The van der Waals surface area contributed by atoms with Gasteiger partial charge in [0.05, 0.1) is 6.42 Å². The van der Waals surface area contributed by atoms with Gasteiger partial charge in [-0.25, -0.2) is 4.39 Å². The average molecular weight is 422 g/mol. The number of carbonyl (C=O) groups excluding carboxylic acids is 2. The lowest BCUT2D eigenvalue weighted by molar-refractivity contribution is -0.132. The van der Waals surface area contributed by atoms with E-state index in [0.717, 1.165) is 54.4 Å². The molecule has 1 saturated heterocycles. The highest BCUT2D eigenvalue weighted by atomic mass is 19.1. The Kier molecular flexibility index (Phi) is 6.65. The smallest absolute Gasteiger partial charge is 0.227 e. The van der Waals surface area contributed by atoms with E-state index in [9.17, 15) is 14.0 Å². The zero-order valence-electron chi connectivity index (χ0n) is 17.6. The van der Waals surface area contributed by atoms with Crippen molar-refractivity contribution < 1.29 is 14.0 Å². The highest BCUT2D eigenvalue weighted by Gasteiger charge is 2.23. The number of aromatic nitrogens is 1. The Balaban J connectivity index is 1.17. The van der Waals surface area contributed by atoms with Crippen molar-refractivity contribution in [2.75, 3.05) is 13.1 Å². The molecule has 0 atom stereocenters. The number of aromatic amines is 1. The maximum atomic E-state index is 12.9. The Hall–Kier alpha value is -3.15. The molecule has 2 aromatic carbocycles. The van der Waals surface area contributed by atoms with Crippen molar-refractivity contribution >= 4 is 22.7 Å². The van der Waals surface area contributed by atoms with Crippen LogP contribution in [0, 0.1) is 11.7 Å². The maximum absolute atomic E-state index is 12.9. The predicted molar refractivity (Wildman–Crippen MR) is 119 cm³/mol. The minimum atomic E-state index is -0.277. The van der Waals surface area contributed by atoms with Crippen molar-refractivity contribution in [2.45, 2.75) is 38.6 Å². The van der Waals surface area contributed by atoms with Crippen molar-refractivity contribution in [1.29, 1.82) is 0 Å². The monoisotopic (exact) mass is 421 g/mol. The third kappa shape index (κ3) is 5.51. The number of rotatable bonds is 7. The number of nitrogens with zero attached hydrogens (tertiary/aromatic N) is 1. The quantitative estimate of drug-likeness (QED) is 0.601. The largest absolute Gasteiger partial charge is 0.361 e. The number of nitrogens with one attached hydrogen (secondary N) is 2. The van der Waals surface area contributed by atoms with Gasteiger partial charge >= 0.3 is 0 Å². The first-order valence-electron chi connectivity index (χ1n) is 10.9. The van der Waals surface area contributed by atoms with Crippen LogP contribution in [0.5, 0.6) is 0 Å². The number of para-hydroxylation sites is 1. The van der Waals surface area contributed by atoms with Crippen molar-refractivity contribution in [3.63, 3.8) is 0 Å². The lowest BCUT2D eigenvalue weighted by Gasteiger charge is -2.32. The van der Waals surface area contributed by atoms with Crippen LogP contribution in [-0.4, -0.2) is 34.8 Å². The molecule has 1 aromatic heterocycles. The number of fused-ring (bicyclic) bond motifs is 1. The highest BCUT2D eigenvalue weighted by Crippen LogP contribution is 2.24. The number of H-pyrrole nitrogens is 1. The van der Waals surface area contributed by atoms with E-state index in [1.54, 1.807) is 12.1 Å². The number of hydrogen-bond acceptors (Lipinski definition) is 2. The van der Waals surface area contributed by atoms with Crippen LogP contribution in [0.25, 0.3) is 10.9 Å². The van der Waals surface area contributed by atoms with E-state index in [1.807, 2.05) is 35.4 Å². The summed E-state index contributed by atoms with van der Waals surface area (Å²) in [6, 6.07) is 14.2. The van der Waals surface area contributed by atoms with Gasteiger partial charge in [0, 0.05) is 43.2 Å². The van der Waals surface area contributed by atoms with Crippen molar-refractivity contribution in [2.24, 2.45) is 5.92 Å². The molecule has 2 amide bonds. The number of amides is 2. The molecule has 0 saturated carbocycles. The summed E-state index contributed by atoms with van der Waals surface area (Å²) < 4.78 is 12.9. The van der Waals surface area contributed by atoms with Crippen LogP contribution in [-0.2, 0) is 22.6 Å². The number of benzene rings is 2. The third-order valence-electron chi connectivity index (χ3n) is 6.17. The summed E-state index contributed by atoms with van der Waals surface area (Å²) in [5.74, 6) is 0.373. The lowest BCUT2D eigenvalue weighted by Crippen LogP contribution is -2.39. The number of likely N-dealkylation sites (tertiary alicyclic amines) is 1. The van der Waals surface area contributed by atoms with Crippen LogP contribution in [0.15, 0.2) is 54.7 Å². The summed E-state index contributed by atoms with van der Waals surface area (Å²) in [6.45, 7) is 1.92. The van der Waals surface area contributed by atoms with E-state index in [-0.39, 0.29) is 17.6 Å². The predicted octanol–water partition coefficient (Wildman–Crippen LogP) is 4.18. The highest BCUT2D eigenvalue weighted by molar-refractivity contribution is 5.88. The van der Waals surface area contributed by atoms with E-state index in [0.29, 0.717) is 25.3 Å². The number of hydrogen-bond donors (Lipinski definition) is 2. The average Bonchev–Trinajstić information content (AvgIpc) is 3.20. The van der Waals surface area contributed by atoms with Gasteiger partial charge in [-0.3, -0.25) is 9.59 Å². The first-order chi connectivity index (χ1) is 15.1. The van der Waals surface area contributed by atoms with Gasteiger partial charge in [0.2, 0.25) is 11.8 Å². The van der Waals surface area contributed by atoms with E-state index in [2.05, 4.69) is 10.3 Å². The molecular weight excluding hydrogens is 393 g/mol. The Morgan fingerprint density at radius 3 is 2.58 bits per heavy atom. The molecule has 31 heavy (non-hydrogen) atoms. The normalized spacial score (nSPS) is 14.7. The maximum Gasteiger partial charge on any atom is 0.227 e. The summed E-state index contributed by atoms with van der Waals surface area (Å²) in [7, 11) is 0. The molecule has 0 aliphatic carbocycles. The minimum absolute atomic E-state index is 0.0159. The Bertz CT molecular complexity index is 1040. The fourth-order valence-electron chi connectivity index (χ4n) is 4.25. The zero-order valence-corrected chi connectivity index (χ0v) is 17.6. The van der Waals surface area contributed by atoms with Gasteiger partial charge in [-0.1, -0.05) is 30.3 Å². The Morgan fingerprint density at radius 2 is 1.81 bits per heavy atom. The van der Waals surface area contributed by atoms with Crippen molar-refractivity contribution in [3.8, 4) is 0 Å². The Labute approximate surface area is 181 Å². The second-order valence-electron chi connectivity index (χ2n) is 8.30. The minimum Gasteiger partial charge on any atom is -0.361 e. The molecule has 0 radical (unpaired) electrons. The summed E-state index contributed by atoms with van der Waals surface area (Å²) in [5, 5.41) is 4.00. The Morgan fingerprint density at radius 1 is 1.06 bits per heavy atom. The molecule has 4 rings (SSSR count). The molecular formula is C25H28FN3O2. The summed E-state index contributed by atoms with van der Waals surface area (Å²) in [6.07, 6.45) is 5.53. The van der Waals surface area contributed by atoms with Gasteiger partial charge in [0.1, 0.15) is 5.82 Å². The molecule has 1 fully saturated rings. The van der Waals surface area contributed by atoms with Crippen LogP contribution < -0.4 is 5.32 Å². The van der Waals surface area contributed by atoms with Gasteiger partial charge in [-0.15, -0.1) is 0 Å². The van der Waals surface area contributed by atoms with E-state index < -0.39 is 0 Å². The zero-order chi connectivity index (χ0) is 21.6. The standard InChI is InChI=1S/C25H28FN3O2/c26-21-8-5-19(6-9-21)16-28-24(30)10-7-18-11-13-29(14-12-18)25(31)15-20-17-27-23-4-2-1-3-22(20)23/h1-6,8-9,17-18,27H,7,10-16H2,(H,28,30). The van der Waals surface area contributed by atoms with E-state index >= 15 is 0 Å². The molecule has 3 aromatic rings. The fourth-order valence-corrected chi connectivity index (χ4v) is 4.25. The molecule has 162 valence electrons. The van der Waals surface area contributed by atoms with Crippen LogP contribution in [0.3, 0.4) is 0 Å². The van der Waals surface area contributed by atoms with Crippen LogP contribution in [0.1, 0.15) is 36.8 Å². The van der Waals surface area contributed by atoms with Crippen LogP contribution in [0.2, 0.25) is 0 Å². The van der Waals surface area contributed by atoms with Gasteiger partial charge in [0.15, 0.2) is 0 Å². The van der Waals surface area contributed by atoms with Gasteiger partial charge in [-0.05, 0) is 54.5 Å². The SMILES string of the molecule is O=C(CCC1CCN(C(=O)Cc2c[nH]c3ccccc23)CC1)NCc1ccc(F)cc1. The molecule has 0 bridgehead atoms. The van der Waals surface area contributed by atoms with E-state index in [1.165, 1.54) is 12.1 Å². The number of carbonyl (C=O) groups is 2. The molecule has 1 aliphatic rings. The first-order valence-corrected chi connectivity index (χ1v) is 10.9. The molecule has 2 N–H and O–H groups in total. The van der Waals surface area contributed by atoms with Crippen LogP contribution in [0.4, 0.5) is 4.39 Å². The molecule has 2 heterocycles. The van der Waals surface area contributed by atoms with Crippen molar-refractivity contribution in [1.82, 2.24) is 15.2 Å². The van der Waals surface area contributed by atoms with Gasteiger partial charge in [0.25, 0.3) is 0 Å². The molecule has 1 aliphatic heterocycles. The van der Waals surface area contributed by atoms with Gasteiger partial charge < -0.3 is 15.2 Å². The lowest BCUT2D eigenvalue weighted by atomic mass is 9.91. The number of piperidine rings is 1.